The lowest BCUT2D eigenvalue weighted by molar-refractivity contribution is 0.235. The van der Waals surface area contributed by atoms with Gasteiger partial charge in [-0.1, -0.05) is 6.42 Å². The quantitative estimate of drug-likeness (QED) is 0.535. The van der Waals surface area contributed by atoms with Crippen molar-refractivity contribution in [2.75, 3.05) is 26.2 Å². The summed E-state index contributed by atoms with van der Waals surface area (Å²) in [6.45, 7) is 8.44. The Morgan fingerprint density at radius 3 is 2.60 bits per heavy atom. The van der Waals surface area contributed by atoms with Gasteiger partial charge in [-0.2, -0.15) is 0 Å². The number of nitrogens with two attached hydrogens (primary N) is 1. The summed E-state index contributed by atoms with van der Waals surface area (Å²) < 4.78 is 0. The van der Waals surface area contributed by atoms with E-state index in [2.05, 4.69) is 29.1 Å². The Labute approximate surface area is 92.9 Å². The van der Waals surface area contributed by atoms with Crippen molar-refractivity contribution in [2.24, 2.45) is 10.7 Å². The highest BCUT2D eigenvalue weighted by Crippen LogP contribution is 2.07. The molecule has 1 heterocycles. The molecule has 1 fully saturated rings. The minimum atomic E-state index is 0.365. The van der Waals surface area contributed by atoms with Crippen LogP contribution in [0, 0.1) is 0 Å². The fourth-order valence-corrected chi connectivity index (χ4v) is 1.84. The van der Waals surface area contributed by atoms with Crippen LogP contribution in [0.15, 0.2) is 4.99 Å². The van der Waals surface area contributed by atoms with E-state index in [0.717, 1.165) is 13.1 Å². The predicted octanol–water partition coefficient (Wildman–Crippen LogP) is 0.785. The Morgan fingerprint density at radius 1 is 1.33 bits per heavy atom. The smallest absolute Gasteiger partial charge is 0.188 e. The zero-order valence-electron chi connectivity index (χ0n) is 10.00. The molecule has 15 heavy (non-hydrogen) atoms. The van der Waals surface area contributed by atoms with Crippen LogP contribution in [0.1, 0.15) is 33.1 Å². The van der Waals surface area contributed by atoms with Crippen molar-refractivity contribution in [3.8, 4) is 0 Å². The van der Waals surface area contributed by atoms with Gasteiger partial charge in [-0.25, -0.2) is 0 Å². The lowest BCUT2D eigenvalue weighted by Crippen LogP contribution is -2.38. The molecule has 0 saturated carbocycles. The zero-order chi connectivity index (χ0) is 11.1. The van der Waals surface area contributed by atoms with E-state index in [9.17, 15) is 0 Å². The molecule has 0 aromatic rings. The number of hydrogen-bond acceptors (Lipinski definition) is 2. The topological polar surface area (TPSA) is 53.6 Å². The molecule has 0 amide bonds. The summed E-state index contributed by atoms with van der Waals surface area (Å²) in [6.07, 6.45) is 4.06. The van der Waals surface area contributed by atoms with Crippen LogP contribution >= 0.6 is 0 Å². The largest absolute Gasteiger partial charge is 0.370 e. The number of aliphatic imine (C=N–C) groups is 1. The number of hydrogen-bond donors (Lipinski definition) is 2. The molecule has 1 aliphatic heterocycles. The van der Waals surface area contributed by atoms with Crippen molar-refractivity contribution in [1.29, 1.82) is 0 Å². The van der Waals surface area contributed by atoms with E-state index in [1.807, 2.05) is 0 Å². The summed E-state index contributed by atoms with van der Waals surface area (Å²) in [6, 6.07) is 0.365. The van der Waals surface area contributed by atoms with Crippen molar-refractivity contribution in [3.63, 3.8) is 0 Å². The van der Waals surface area contributed by atoms with E-state index < -0.39 is 0 Å². The summed E-state index contributed by atoms with van der Waals surface area (Å²) in [4.78, 5) is 6.77. The van der Waals surface area contributed by atoms with Gasteiger partial charge < -0.3 is 16.0 Å². The molecule has 1 rings (SSSR count). The van der Waals surface area contributed by atoms with Crippen molar-refractivity contribution >= 4 is 5.96 Å². The minimum absolute atomic E-state index is 0.365. The van der Waals surface area contributed by atoms with Crippen LogP contribution in [0.25, 0.3) is 0 Å². The van der Waals surface area contributed by atoms with E-state index >= 15 is 0 Å². The molecule has 0 bridgehead atoms. The minimum Gasteiger partial charge on any atom is -0.370 e. The first-order chi connectivity index (χ1) is 7.18. The van der Waals surface area contributed by atoms with Gasteiger partial charge in [-0.3, -0.25) is 4.99 Å². The van der Waals surface area contributed by atoms with Gasteiger partial charge in [0.1, 0.15) is 0 Å². The predicted molar refractivity (Wildman–Crippen MR) is 65.1 cm³/mol. The van der Waals surface area contributed by atoms with Crippen LogP contribution < -0.4 is 11.1 Å². The van der Waals surface area contributed by atoms with E-state index in [-0.39, 0.29) is 0 Å². The fraction of sp³-hybridized carbons (Fsp3) is 0.909. The van der Waals surface area contributed by atoms with Crippen molar-refractivity contribution in [1.82, 2.24) is 10.2 Å². The molecule has 4 heteroatoms. The first-order valence-corrected chi connectivity index (χ1v) is 5.97. The number of likely N-dealkylation sites (tertiary alicyclic amines) is 1. The third-order valence-corrected chi connectivity index (χ3v) is 2.58. The van der Waals surface area contributed by atoms with Crippen molar-refractivity contribution < 1.29 is 0 Å². The van der Waals surface area contributed by atoms with Gasteiger partial charge in [0.25, 0.3) is 0 Å². The molecule has 3 N–H and O–H groups in total. The Hall–Kier alpha value is -0.770. The number of nitrogens with zero attached hydrogens (tertiary/aromatic N) is 2. The van der Waals surface area contributed by atoms with Gasteiger partial charge in [-0.05, 0) is 39.8 Å². The molecule has 1 saturated heterocycles. The third kappa shape index (κ3) is 5.62. The highest BCUT2D eigenvalue weighted by atomic mass is 15.2. The normalized spacial score (nSPS) is 19.5. The van der Waals surface area contributed by atoms with Gasteiger partial charge in [-0.15, -0.1) is 0 Å². The second kappa shape index (κ2) is 6.67. The Bertz CT molecular complexity index is 195. The SMILES string of the molecule is CC(C)NC(N)=NCCN1CCCCC1. The summed E-state index contributed by atoms with van der Waals surface area (Å²) in [5.74, 6) is 0.571. The molecule has 0 atom stereocenters. The van der Waals surface area contributed by atoms with E-state index in [1.165, 1.54) is 32.4 Å². The van der Waals surface area contributed by atoms with E-state index in [0.29, 0.717) is 12.0 Å². The molecule has 0 aliphatic carbocycles. The van der Waals surface area contributed by atoms with Crippen LogP contribution in [-0.2, 0) is 0 Å². The molecule has 0 unspecified atom stereocenters. The standard InChI is InChI=1S/C11H24N4/c1-10(2)14-11(12)13-6-9-15-7-4-3-5-8-15/h10H,3-9H2,1-2H3,(H3,12,13,14). The molecule has 0 aromatic heterocycles. The molecular weight excluding hydrogens is 188 g/mol. The van der Waals surface area contributed by atoms with Crippen LogP contribution in [0.4, 0.5) is 0 Å². The lowest BCUT2D eigenvalue weighted by atomic mass is 10.1. The van der Waals surface area contributed by atoms with Crippen molar-refractivity contribution in [2.45, 2.75) is 39.2 Å². The molecule has 0 radical (unpaired) electrons. The molecule has 0 aromatic carbocycles. The maximum atomic E-state index is 5.71. The van der Waals surface area contributed by atoms with Gasteiger partial charge in [0.15, 0.2) is 5.96 Å². The summed E-state index contributed by atoms with van der Waals surface area (Å²) in [5, 5.41) is 3.09. The number of guanidine groups is 1. The van der Waals surface area contributed by atoms with Gasteiger partial charge in [0, 0.05) is 12.6 Å². The van der Waals surface area contributed by atoms with E-state index in [4.69, 9.17) is 5.73 Å². The van der Waals surface area contributed by atoms with Gasteiger partial charge in [0.2, 0.25) is 0 Å². The van der Waals surface area contributed by atoms with Crippen LogP contribution in [0.2, 0.25) is 0 Å². The van der Waals surface area contributed by atoms with Crippen LogP contribution in [-0.4, -0.2) is 43.1 Å². The van der Waals surface area contributed by atoms with E-state index in [1.54, 1.807) is 0 Å². The number of nitrogens with one attached hydrogen (secondary N) is 1. The second-order valence-electron chi connectivity index (χ2n) is 4.47. The second-order valence-corrected chi connectivity index (χ2v) is 4.47. The van der Waals surface area contributed by atoms with Crippen molar-refractivity contribution in [3.05, 3.63) is 0 Å². The Kier molecular flexibility index (Phi) is 5.47. The highest BCUT2D eigenvalue weighted by molar-refractivity contribution is 5.78. The molecular formula is C11H24N4. The Morgan fingerprint density at radius 2 is 2.00 bits per heavy atom. The summed E-state index contributed by atoms with van der Waals surface area (Å²) >= 11 is 0. The highest BCUT2D eigenvalue weighted by Gasteiger charge is 2.08. The summed E-state index contributed by atoms with van der Waals surface area (Å²) in [5.41, 5.74) is 5.71. The Balaban J connectivity index is 2.13. The first-order valence-electron chi connectivity index (χ1n) is 5.97. The zero-order valence-corrected chi connectivity index (χ0v) is 10.00. The number of rotatable bonds is 4. The maximum Gasteiger partial charge on any atom is 0.188 e. The molecule has 88 valence electrons. The molecule has 4 nitrogen and oxygen atoms in total. The molecule has 1 aliphatic rings. The number of piperidine rings is 1. The van der Waals surface area contributed by atoms with Gasteiger partial charge in [0.05, 0.1) is 6.54 Å². The lowest BCUT2D eigenvalue weighted by Gasteiger charge is -2.25. The summed E-state index contributed by atoms with van der Waals surface area (Å²) in [7, 11) is 0. The monoisotopic (exact) mass is 212 g/mol. The van der Waals surface area contributed by atoms with Gasteiger partial charge >= 0.3 is 0 Å². The average molecular weight is 212 g/mol. The van der Waals surface area contributed by atoms with Crippen LogP contribution in [0.5, 0.6) is 0 Å². The first kappa shape index (κ1) is 12.3. The van der Waals surface area contributed by atoms with Crippen LogP contribution in [0.3, 0.4) is 0 Å². The third-order valence-electron chi connectivity index (χ3n) is 2.58. The fourth-order valence-electron chi connectivity index (χ4n) is 1.84. The maximum absolute atomic E-state index is 5.71. The average Bonchev–Trinajstić information content (AvgIpc) is 2.18. The molecule has 0 spiro atoms.